The lowest BCUT2D eigenvalue weighted by Crippen LogP contribution is -2.64. The number of aryl methyl sites for hydroxylation is 1. The van der Waals surface area contributed by atoms with Crippen molar-refractivity contribution in [2.45, 2.75) is 32.5 Å². The molecule has 1 aliphatic rings. The molecule has 0 fully saturated rings. The van der Waals surface area contributed by atoms with E-state index in [0.29, 0.717) is 18.0 Å². The molecule has 0 aliphatic carbocycles. The Balaban J connectivity index is 1.73. The topological polar surface area (TPSA) is 103 Å². The molecule has 1 aromatic heterocycles. The molecule has 176 valence electrons. The normalized spacial score (nSPS) is 17.2. The van der Waals surface area contributed by atoms with E-state index in [1.165, 1.54) is 22.9 Å². The summed E-state index contributed by atoms with van der Waals surface area (Å²) in [5.74, 6) is -0.971. The summed E-state index contributed by atoms with van der Waals surface area (Å²) in [6.07, 6.45) is 1.39. The van der Waals surface area contributed by atoms with Crippen LogP contribution in [0.1, 0.15) is 39.0 Å². The largest absolute Gasteiger partial charge is 0.497 e. The summed E-state index contributed by atoms with van der Waals surface area (Å²) in [4.78, 5) is 45.0. The predicted octanol–water partition coefficient (Wildman–Crippen LogP) is 2.72. The Labute approximate surface area is 197 Å². The number of hydrogen-bond donors (Lipinski definition) is 1. The van der Waals surface area contributed by atoms with Crippen LogP contribution in [0.5, 0.6) is 5.75 Å². The second kappa shape index (κ2) is 9.01. The molecule has 1 aliphatic heterocycles. The van der Waals surface area contributed by atoms with Crippen LogP contribution in [0.15, 0.2) is 54.9 Å². The minimum atomic E-state index is -1.29. The fourth-order valence-corrected chi connectivity index (χ4v) is 4.09. The Kier molecular flexibility index (Phi) is 6.10. The second-order valence-corrected chi connectivity index (χ2v) is 8.34. The number of ether oxygens (including phenoxy) is 2. The standard InChI is InChI=1S/C25H26N4O5/c1-16-5-7-17(8-6-16)13-26-24(32)25(2)14-28-15-27-20(23(31)34-4)21(28)22(30)29(25)18-9-11-19(33-3)12-10-18/h5-12,15H,13-14H2,1-4H3,(H,26,32). The van der Waals surface area contributed by atoms with Gasteiger partial charge in [0.25, 0.3) is 5.91 Å². The van der Waals surface area contributed by atoms with Crippen molar-refractivity contribution in [3.8, 4) is 5.75 Å². The van der Waals surface area contributed by atoms with Crippen molar-refractivity contribution in [2.24, 2.45) is 0 Å². The van der Waals surface area contributed by atoms with Crippen LogP contribution in [0, 0.1) is 6.92 Å². The summed E-state index contributed by atoms with van der Waals surface area (Å²) in [6.45, 7) is 4.10. The summed E-state index contributed by atoms with van der Waals surface area (Å²) in [5.41, 5.74) is 1.25. The number of imidazole rings is 1. The van der Waals surface area contributed by atoms with Gasteiger partial charge >= 0.3 is 5.97 Å². The number of anilines is 1. The first-order valence-electron chi connectivity index (χ1n) is 10.7. The van der Waals surface area contributed by atoms with Gasteiger partial charge in [-0.3, -0.25) is 14.5 Å². The van der Waals surface area contributed by atoms with Gasteiger partial charge in [-0.25, -0.2) is 9.78 Å². The lowest BCUT2D eigenvalue weighted by molar-refractivity contribution is -0.126. The van der Waals surface area contributed by atoms with Gasteiger partial charge < -0.3 is 19.4 Å². The molecule has 2 heterocycles. The fraction of sp³-hybridized carbons (Fsp3) is 0.280. The van der Waals surface area contributed by atoms with Crippen molar-refractivity contribution < 1.29 is 23.9 Å². The Bertz CT molecular complexity index is 1230. The molecule has 34 heavy (non-hydrogen) atoms. The molecule has 1 N–H and O–H groups in total. The van der Waals surface area contributed by atoms with E-state index in [2.05, 4.69) is 10.3 Å². The molecule has 0 bridgehead atoms. The highest BCUT2D eigenvalue weighted by molar-refractivity contribution is 6.15. The first-order chi connectivity index (χ1) is 16.3. The Morgan fingerprint density at radius 1 is 1.09 bits per heavy atom. The van der Waals surface area contributed by atoms with Gasteiger partial charge in [-0.15, -0.1) is 0 Å². The lowest BCUT2D eigenvalue weighted by Gasteiger charge is -2.43. The smallest absolute Gasteiger partial charge is 0.359 e. The SMILES string of the molecule is COC(=O)c1ncn2c1C(=O)N(c1ccc(OC)cc1)C(C)(C(=O)NCc1ccc(C)cc1)C2. The monoisotopic (exact) mass is 462 g/mol. The number of carbonyl (C=O) groups is 3. The number of amides is 2. The van der Waals surface area contributed by atoms with Crippen molar-refractivity contribution in [1.29, 1.82) is 0 Å². The molecule has 1 unspecified atom stereocenters. The number of hydrogen-bond acceptors (Lipinski definition) is 6. The Morgan fingerprint density at radius 2 is 1.76 bits per heavy atom. The first kappa shape index (κ1) is 23.0. The quantitative estimate of drug-likeness (QED) is 0.565. The van der Waals surface area contributed by atoms with E-state index in [1.807, 2.05) is 31.2 Å². The number of fused-ring (bicyclic) bond motifs is 1. The van der Waals surface area contributed by atoms with Crippen molar-refractivity contribution in [3.05, 3.63) is 77.4 Å². The van der Waals surface area contributed by atoms with Crippen molar-refractivity contribution in [3.63, 3.8) is 0 Å². The van der Waals surface area contributed by atoms with Gasteiger partial charge in [0.2, 0.25) is 5.91 Å². The molecule has 0 saturated carbocycles. The highest BCUT2D eigenvalue weighted by Crippen LogP contribution is 2.34. The molecule has 9 nitrogen and oxygen atoms in total. The van der Waals surface area contributed by atoms with Gasteiger partial charge in [-0.2, -0.15) is 0 Å². The third kappa shape index (κ3) is 4.00. The van der Waals surface area contributed by atoms with Crippen LogP contribution in [-0.4, -0.2) is 47.1 Å². The van der Waals surface area contributed by atoms with E-state index < -0.39 is 17.4 Å². The summed E-state index contributed by atoms with van der Waals surface area (Å²) >= 11 is 0. The van der Waals surface area contributed by atoms with E-state index in [9.17, 15) is 14.4 Å². The van der Waals surface area contributed by atoms with Gasteiger partial charge in [0.05, 0.1) is 27.1 Å². The van der Waals surface area contributed by atoms with Crippen LogP contribution in [0.4, 0.5) is 5.69 Å². The van der Waals surface area contributed by atoms with Crippen LogP contribution >= 0.6 is 0 Å². The summed E-state index contributed by atoms with van der Waals surface area (Å²) in [6, 6.07) is 14.7. The van der Waals surface area contributed by atoms with Crippen molar-refractivity contribution in [1.82, 2.24) is 14.9 Å². The van der Waals surface area contributed by atoms with E-state index in [1.54, 1.807) is 38.3 Å². The van der Waals surface area contributed by atoms with Gasteiger partial charge in [-0.05, 0) is 43.7 Å². The maximum atomic E-state index is 13.8. The third-order valence-corrected chi connectivity index (χ3v) is 5.99. The van der Waals surface area contributed by atoms with E-state index in [-0.39, 0.29) is 23.8 Å². The number of carbonyl (C=O) groups excluding carboxylic acids is 3. The van der Waals surface area contributed by atoms with Gasteiger partial charge in [0.15, 0.2) is 5.69 Å². The van der Waals surface area contributed by atoms with Crippen LogP contribution in [0.3, 0.4) is 0 Å². The Hall–Kier alpha value is -4.14. The lowest BCUT2D eigenvalue weighted by atomic mass is 9.93. The number of rotatable bonds is 6. The fourth-order valence-electron chi connectivity index (χ4n) is 4.09. The molecule has 1 atom stereocenters. The molecule has 4 rings (SSSR count). The van der Waals surface area contributed by atoms with Crippen molar-refractivity contribution in [2.75, 3.05) is 19.1 Å². The van der Waals surface area contributed by atoms with Crippen LogP contribution in [0.25, 0.3) is 0 Å². The zero-order valence-corrected chi connectivity index (χ0v) is 19.5. The predicted molar refractivity (Wildman–Crippen MR) is 125 cm³/mol. The number of methoxy groups -OCH3 is 2. The summed E-state index contributed by atoms with van der Waals surface area (Å²) in [7, 11) is 2.77. The maximum Gasteiger partial charge on any atom is 0.359 e. The number of esters is 1. The minimum absolute atomic E-state index is 0.0754. The molecule has 0 radical (unpaired) electrons. The van der Waals surface area contributed by atoms with E-state index in [0.717, 1.165) is 11.1 Å². The van der Waals surface area contributed by atoms with E-state index >= 15 is 0 Å². The number of benzene rings is 2. The molecular formula is C25H26N4O5. The first-order valence-corrected chi connectivity index (χ1v) is 10.7. The summed E-state index contributed by atoms with van der Waals surface area (Å²) < 4.78 is 11.6. The summed E-state index contributed by atoms with van der Waals surface area (Å²) in [5, 5.41) is 2.96. The minimum Gasteiger partial charge on any atom is -0.497 e. The number of nitrogens with one attached hydrogen (secondary N) is 1. The maximum absolute atomic E-state index is 13.8. The average molecular weight is 463 g/mol. The molecule has 2 aromatic carbocycles. The van der Waals surface area contributed by atoms with Gasteiger partial charge in [0.1, 0.15) is 17.0 Å². The molecule has 3 aromatic rings. The Morgan fingerprint density at radius 3 is 2.38 bits per heavy atom. The highest BCUT2D eigenvalue weighted by atomic mass is 16.5. The van der Waals surface area contributed by atoms with Crippen molar-refractivity contribution >= 4 is 23.5 Å². The molecule has 0 saturated heterocycles. The zero-order chi connectivity index (χ0) is 24.5. The third-order valence-electron chi connectivity index (χ3n) is 5.99. The van der Waals surface area contributed by atoms with Gasteiger partial charge in [0, 0.05) is 12.2 Å². The van der Waals surface area contributed by atoms with Crippen LogP contribution in [0.2, 0.25) is 0 Å². The zero-order valence-electron chi connectivity index (χ0n) is 19.5. The second-order valence-electron chi connectivity index (χ2n) is 8.34. The number of aromatic nitrogens is 2. The molecule has 2 amide bonds. The van der Waals surface area contributed by atoms with Crippen LogP contribution < -0.4 is 15.0 Å². The van der Waals surface area contributed by atoms with Crippen LogP contribution in [-0.2, 0) is 22.6 Å². The average Bonchev–Trinajstić information content (AvgIpc) is 3.27. The molecule has 0 spiro atoms. The molecular weight excluding hydrogens is 436 g/mol. The highest BCUT2D eigenvalue weighted by Gasteiger charge is 2.49. The molecule has 9 heteroatoms. The van der Waals surface area contributed by atoms with Gasteiger partial charge in [-0.1, -0.05) is 29.8 Å². The number of nitrogens with zero attached hydrogens (tertiary/aromatic N) is 3. The van der Waals surface area contributed by atoms with E-state index in [4.69, 9.17) is 9.47 Å².